The third-order valence-electron chi connectivity index (χ3n) is 1.48. The summed E-state index contributed by atoms with van der Waals surface area (Å²) in [7, 11) is 0. The first-order valence-corrected chi connectivity index (χ1v) is 2.79. The van der Waals surface area contributed by atoms with Crippen LogP contribution < -0.4 is 17.2 Å². The van der Waals surface area contributed by atoms with Gasteiger partial charge in [0.25, 0.3) is 0 Å². The molecule has 0 saturated carbocycles. The molecule has 0 fully saturated rings. The summed E-state index contributed by atoms with van der Waals surface area (Å²) in [5.74, 6) is 0. The first-order chi connectivity index (χ1) is 3.68. The Bertz CT molecular complexity index is 57.6. The molecule has 0 saturated heterocycles. The lowest BCUT2D eigenvalue weighted by Crippen LogP contribution is -2.41. The van der Waals surface area contributed by atoms with Crippen molar-refractivity contribution < 1.29 is 0 Å². The Balaban J connectivity index is -0.000000245. The molecule has 0 unspecified atom stereocenters. The molecule has 3 nitrogen and oxygen atoms in total. The van der Waals surface area contributed by atoms with Crippen molar-refractivity contribution in [1.82, 2.24) is 0 Å². The largest absolute Gasteiger partial charge is 0.330 e. The second kappa shape index (κ2) is 7.57. The van der Waals surface area contributed by atoms with Gasteiger partial charge in [0.1, 0.15) is 0 Å². The van der Waals surface area contributed by atoms with Crippen molar-refractivity contribution in [2.45, 2.75) is 6.92 Å². The van der Waals surface area contributed by atoms with Gasteiger partial charge in [0.05, 0.1) is 0 Å². The van der Waals surface area contributed by atoms with Crippen LogP contribution in [0, 0.1) is 5.41 Å². The smallest absolute Gasteiger partial charge is 0.00423 e. The lowest BCUT2D eigenvalue weighted by molar-refractivity contribution is 0.361. The average Bonchev–Trinajstić information content (AvgIpc) is 1.87. The van der Waals surface area contributed by atoms with E-state index in [0.717, 1.165) is 0 Å². The fourth-order valence-corrected chi connectivity index (χ4v) is 0.250. The fourth-order valence-electron chi connectivity index (χ4n) is 0.250. The van der Waals surface area contributed by atoms with Crippen LogP contribution in [0.25, 0.3) is 0 Å². The third kappa shape index (κ3) is 5.26. The quantitative estimate of drug-likeness (QED) is 0.572. The van der Waals surface area contributed by atoms with Crippen molar-refractivity contribution in [3.63, 3.8) is 0 Å². The molecule has 0 heterocycles. The van der Waals surface area contributed by atoms with E-state index in [2.05, 4.69) is 0 Å². The molecule has 0 aliphatic heterocycles. The zero-order chi connectivity index (χ0) is 6.62. The van der Waals surface area contributed by atoms with Crippen LogP contribution in [0.5, 0.6) is 0 Å². The van der Waals surface area contributed by atoms with Crippen molar-refractivity contribution in [2.24, 2.45) is 22.6 Å². The molecule has 0 bridgehead atoms. The number of halogens is 2. The zero-order valence-electron chi connectivity index (χ0n) is 6.17. The Morgan fingerprint density at radius 1 is 0.900 bits per heavy atom. The third-order valence-corrected chi connectivity index (χ3v) is 1.48. The molecule has 5 heteroatoms. The van der Waals surface area contributed by atoms with Gasteiger partial charge in [0.15, 0.2) is 0 Å². The van der Waals surface area contributed by atoms with Gasteiger partial charge in [0.2, 0.25) is 0 Å². The molecule has 0 amide bonds. The van der Waals surface area contributed by atoms with Crippen molar-refractivity contribution in [1.29, 1.82) is 0 Å². The predicted octanol–water partition coefficient (Wildman–Crippen LogP) is -0.288. The highest BCUT2D eigenvalue weighted by atomic mass is 35.5. The lowest BCUT2D eigenvalue weighted by atomic mass is 9.92. The Morgan fingerprint density at radius 3 is 1.10 bits per heavy atom. The van der Waals surface area contributed by atoms with E-state index in [9.17, 15) is 0 Å². The number of hydrogen-bond acceptors (Lipinski definition) is 3. The van der Waals surface area contributed by atoms with Crippen molar-refractivity contribution in [2.75, 3.05) is 19.6 Å². The topological polar surface area (TPSA) is 78.1 Å². The highest BCUT2D eigenvalue weighted by Crippen LogP contribution is 2.07. The highest BCUT2D eigenvalue weighted by molar-refractivity contribution is 5.85. The molecule has 0 aromatic carbocycles. The van der Waals surface area contributed by atoms with Crippen LogP contribution in [-0.2, 0) is 0 Å². The van der Waals surface area contributed by atoms with E-state index >= 15 is 0 Å². The maximum absolute atomic E-state index is 5.37. The Morgan fingerprint density at radius 2 is 1.10 bits per heavy atom. The number of rotatable bonds is 3. The van der Waals surface area contributed by atoms with Crippen LogP contribution in [0.2, 0.25) is 0 Å². The Labute approximate surface area is 74.5 Å². The zero-order valence-corrected chi connectivity index (χ0v) is 7.80. The minimum atomic E-state index is -0.0417. The molecule has 0 aromatic rings. The fraction of sp³-hybridized carbons (Fsp3) is 1.00. The van der Waals surface area contributed by atoms with Crippen LogP contribution in [0.3, 0.4) is 0 Å². The van der Waals surface area contributed by atoms with Crippen molar-refractivity contribution in [3.05, 3.63) is 0 Å². The summed E-state index contributed by atoms with van der Waals surface area (Å²) in [6, 6.07) is 0. The summed E-state index contributed by atoms with van der Waals surface area (Å²) in [6.07, 6.45) is 0. The molecular formula is C5H17Cl2N3. The normalized spacial score (nSPS) is 9.60. The number of hydrogen-bond donors (Lipinski definition) is 3. The number of nitrogens with two attached hydrogens (primary N) is 3. The lowest BCUT2D eigenvalue weighted by Gasteiger charge is -2.22. The molecule has 0 atom stereocenters. The molecular weight excluding hydrogens is 173 g/mol. The highest BCUT2D eigenvalue weighted by Gasteiger charge is 2.16. The summed E-state index contributed by atoms with van der Waals surface area (Å²) < 4.78 is 0. The molecule has 0 aliphatic rings. The van der Waals surface area contributed by atoms with Crippen molar-refractivity contribution in [3.8, 4) is 0 Å². The van der Waals surface area contributed by atoms with Gasteiger partial charge in [-0.25, -0.2) is 0 Å². The summed E-state index contributed by atoms with van der Waals surface area (Å²) in [5, 5.41) is 0. The second-order valence-electron chi connectivity index (χ2n) is 2.42. The van der Waals surface area contributed by atoms with Gasteiger partial charge in [-0.05, 0) is 0 Å². The summed E-state index contributed by atoms with van der Waals surface area (Å²) in [6.45, 7) is 3.69. The van der Waals surface area contributed by atoms with E-state index in [1.807, 2.05) is 6.92 Å². The molecule has 66 valence electrons. The van der Waals surface area contributed by atoms with Gasteiger partial charge in [-0.15, -0.1) is 24.8 Å². The molecule has 0 radical (unpaired) electrons. The van der Waals surface area contributed by atoms with Gasteiger partial charge in [-0.1, -0.05) is 6.92 Å². The molecule has 6 N–H and O–H groups in total. The predicted molar refractivity (Wildman–Crippen MR) is 49.8 cm³/mol. The van der Waals surface area contributed by atoms with E-state index in [1.54, 1.807) is 0 Å². The summed E-state index contributed by atoms with van der Waals surface area (Å²) >= 11 is 0. The first kappa shape index (κ1) is 16.8. The van der Waals surface area contributed by atoms with Crippen LogP contribution >= 0.6 is 24.8 Å². The molecule has 10 heavy (non-hydrogen) atoms. The van der Waals surface area contributed by atoms with Crippen LogP contribution in [0.4, 0.5) is 0 Å². The maximum atomic E-state index is 5.37. The minimum Gasteiger partial charge on any atom is -0.330 e. The van der Waals surface area contributed by atoms with Crippen LogP contribution in [0.1, 0.15) is 6.92 Å². The molecule has 0 rings (SSSR count). The second-order valence-corrected chi connectivity index (χ2v) is 2.42. The standard InChI is InChI=1S/C5H15N3.2ClH/c1-5(2-6,3-7)4-8;;/h2-4,6-8H2,1H3;2*1H. The van der Waals surface area contributed by atoms with Gasteiger partial charge < -0.3 is 17.2 Å². The maximum Gasteiger partial charge on any atom is 0.00423 e. The average molecular weight is 190 g/mol. The van der Waals surface area contributed by atoms with E-state index in [0.29, 0.717) is 19.6 Å². The molecule has 0 aromatic heterocycles. The van der Waals surface area contributed by atoms with Crippen LogP contribution in [-0.4, -0.2) is 19.6 Å². The van der Waals surface area contributed by atoms with Gasteiger partial charge in [-0.3, -0.25) is 0 Å². The molecule has 0 aliphatic carbocycles. The minimum absolute atomic E-state index is 0. The molecule has 0 spiro atoms. The summed E-state index contributed by atoms with van der Waals surface area (Å²) in [5.41, 5.74) is 16.1. The van der Waals surface area contributed by atoms with Gasteiger partial charge >= 0.3 is 0 Å². The monoisotopic (exact) mass is 189 g/mol. The van der Waals surface area contributed by atoms with E-state index < -0.39 is 0 Å². The Hall–Kier alpha value is 0.460. The SMILES string of the molecule is CC(CN)(CN)CN.Cl.Cl. The first-order valence-electron chi connectivity index (χ1n) is 2.79. The van der Waals surface area contributed by atoms with Gasteiger partial charge in [-0.2, -0.15) is 0 Å². The Kier molecular flexibility index (Phi) is 12.7. The van der Waals surface area contributed by atoms with E-state index in [-0.39, 0.29) is 30.2 Å². The van der Waals surface area contributed by atoms with Crippen molar-refractivity contribution >= 4 is 24.8 Å². The van der Waals surface area contributed by atoms with E-state index in [4.69, 9.17) is 17.2 Å². The van der Waals surface area contributed by atoms with E-state index in [1.165, 1.54) is 0 Å². The van der Waals surface area contributed by atoms with Crippen LogP contribution in [0.15, 0.2) is 0 Å². The van der Waals surface area contributed by atoms with Gasteiger partial charge in [0, 0.05) is 25.0 Å². The summed E-state index contributed by atoms with van der Waals surface area (Å²) in [4.78, 5) is 0.